The normalized spacial score (nSPS) is 10.3. The first-order valence-electron chi connectivity index (χ1n) is 6.57. The number of amidine groups is 1. The van der Waals surface area contributed by atoms with Gasteiger partial charge in [-0.2, -0.15) is 0 Å². The smallest absolute Gasteiger partial charge is 0.228 e. The Bertz CT molecular complexity index is 768. The maximum absolute atomic E-state index is 13.2. The van der Waals surface area contributed by atoms with Crippen molar-refractivity contribution in [1.82, 2.24) is 10.5 Å². The first-order valence-corrected chi connectivity index (χ1v) is 7.74. The van der Waals surface area contributed by atoms with Gasteiger partial charge in [-0.15, -0.1) is 0 Å². The number of Topliss-reactive ketones (excluding diaryl/α,β-unsaturated/α-hetero) is 1. The predicted octanol–water partition coefficient (Wildman–Crippen LogP) is 3.37. The Kier molecular flexibility index (Phi) is 6.24. The van der Waals surface area contributed by atoms with Crippen LogP contribution in [0.15, 0.2) is 34.8 Å². The summed E-state index contributed by atoms with van der Waals surface area (Å²) in [6, 6.07) is 6.73. The van der Waals surface area contributed by atoms with Gasteiger partial charge in [0.15, 0.2) is 11.6 Å². The van der Waals surface area contributed by atoms with Crippen LogP contribution >= 0.6 is 27.5 Å². The van der Waals surface area contributed by atoms with Crippen molar-refractivity contribution in [1.29, 1.82) is 5.41 Å². The van der Waals surface area contributed by atoms with Crippen LogP contribution in [0.2, 0.25) is 5.02 Å². The number of ketones is 1. The van der Waals surface area contributed by atoms with Crippen LogP contribution in [0.25, 0.3) is 0 Å². The summed E-state index contributed by atoms with van der Waals surface area (Å²) < 4.78 is 18.9. The summed E-state index contributed by atoms with van der Waals surface area (Å²) in [5.41, 5.74) is 2.64. The third kappa shape index (κ3) is 4.73. The largest absolute Gasteiger partial charge is 0.480 e. The van der Waals surface area contributed by atoms with E-state index in [0.29, 0.717) is 10.4 Å². The predicted molar refractivity (Wildman–Crippen MR) is 90.1 cm³/mol. The van der Waals surface area contributed by atoms with E-state index in [1.54, 1.807) is 12.1 Å². The second-order valence-corrected chi connectivity index (χ2v) is 5.83. The van der Waals surface area contributed by atoms with E-state index in [1.165, 1.54) is 13.2 Å². The van der Waals surface area contributed by atoms with Gasteiger partial charge in [-0.05, 0) is 46.3 Å². The molecule has 9 heteroatoms. The fourth-order valence-electron chi connectivity index (χ4n) is 1.73. The zero-order valence-corrected chi connectivity index (χ0v) is 14.7. The van der Waals surface area contributed by atoms with E-state index in [4.69, 9.17) is 26.6 Å². The van der Waals surface area contributed by atoms with Crippen LogP contribution in [-0.2, 0) is 4.84 Å². The molecule has 0 spiro atoms. The van der Waals surface area contributed by atoms with Crippen molar-refractivity contribution in [2.75, 3.05) is 13.7 Å². The lowest BCUT2D eigenvalue weighted by Crippen LogP contribution is -2.27. The average molecular weight is 417 g/mol. The molecule has 0 saturated heterocycles. The third-order valence-corrected chi connectivity index (χ3v) is 3.65. The summed E-state index contributed by atoms with van der Waals surface area (Å²) in [5, 5.41) is 7.94. The fraction of sp³-hybridized carbons (Fsp3) is 0.133. The van der Waals surface area contributed by atoms with Crippen LogP contribution in [0.4, 0.5) is 4.39 Å². The first-order chi connectivity index (χ1) is 11.4. The Labute approximate surface area is 150 Å². The average Bonchev–Trinajstić information content (AvgIpc) is 2.54. The molecule has 0 amide bonds. The monoisotopic (exact) mass is 415 g/mol. The number of hydrogen-bond acceptors (Lipinski definition) is 5. The standard InChI is InChI=1S/C15H12BrClFN3O3/c1-23-15-11(16)2-3-12(20-15)14(19)21-24-7-13(22)8-4-9(17)6-10(18)5-8/h2-6H,7H2,1H3,(H2,19,21). The van der Waals surface area contributed by atoms with Gasteiger partial charge in [-0.25, -0.2) is 14.9 Å². The van der Waals surface area contributed by atoms with E-state index in [-0.39, 0.29) is 22.1 Å². The second kappa shape index (κ2) is 8.18. The van der Waals surface area contributed by atoms with Crippen LogP contribution < -0.4 is 10.2 Å². The molecule has 0 fully saturated rings. The topological polar surface area (TPSA) is 84.3 Å². The summed E-state index contributed by atoms with van der Waals surface area (Å²) in [6.07, 6.45) is 0. The van der Waals surface area contributed by atoms with Gasteiger partial charge in [-0.1, -0.05) is 11.6 Å². The quantitative estimate of drug-likeness (QED) is 0.326. The minimum Gasteiger partial charge on any atom is -0.480 e. The van der Waals surface area contributed by atoms with Crippen molar-refractivity contribution < 1.29 is 18.8 Å². The second-order valence-electron chi connectivity index (χ2n) is 4.53. The Morgan fingerprint density at radius 1 is 1.42 bits per heavy atom. The molecule has 2 N–H and O–H groups in total. The zero-order valence-electron chi connectivity index (χ0n) is 12.4. The SMILES string of the molecule is COc1nc(C(=N)NOCC(=O)c2cc(F)cc(Cl)c2)ccc1Br. The van der Waals surface area contributed by atoms with Gasteiger partial charge in [0.05, 0.1) is 11.6 Å². The summed E-state index contributed by atoms with van der Waals surface area (Å²) in [4.78, 5) is 21.0. The first kappa shape index (κ1) is 18.3. The molecule has 2 aromatic rings. The van der Waals surface area contributed by atoms with Crippen LogP contribution in [0.1, 0.15) is 16.1 Å². The zero-order chi connectivity index (χ0) is 17.7. The Hall–Kier alpha value is -2.03. The van der Waals surface area contributed by atoms with Gasteiger partial charge in [0, 0.05) is 10.6 Å². The highest BCUT2D eigenvalue weighted by molar-refractivity contribution is 9.10. The third-order valence-electron chi connectivity index (χ3n) is 2.83. The molecule has 0 saturated carbocycles. The number of aromatic nitrogens is 1. The van der Waals surface area contributed by atoms with Gasteiger partial charge in [-0.3, -0.25) is 15.0 Å². The van der Waals surface area contributed by atoms with Gasteiger partial charge in [0.25, 0.3) is 0 Å². The number of carbonyl (C=O) groups is 1. The van der Waals surface area contributed by atoms with Crippen molar-refractivity contribution >= 4 is 39.1 Å². The van der Waals surface area contributed by atoms with Crippen molar-refractivity contribution in [2.24, 2.45) is 0 Å². The molecule has 0 unspecified atom stereocenters. The Morgan fingerprint density at radius 2 is 2.17 bits per heavy atom. The fourth-order valence-corrected chi connectivity index (χ4v) is 2.33. The lowest BCUT2D eigenvalue weighted by Gasteiger charge is -2.09. The molecule has 24 heavy (non-hydrogen) atoms. The lowest BCUT2D eigenvalue weighted by atomic mass is 10.1. The number of nitrogens with one attached hydrogen (secondary N) is 2. The molecule has 2 rings (SSSR count). The number of carbonyl (C=O) groups excluding carboxylic acids is 1. The highest BCUT2D eigenvalue weighted by Gasteiger charge is 2.11. The highest BCUT2D eigenvalue weighted by atomic mass is 79.9. The lowest BCUT2D eigenvalue weighted by molar-refractivity contribution is 0.0607. The molecule has 0 aliphatic carbocycles. The van der Waals surface area contributed by atoms with Crippen molar-refractivity contribution in [2.45, 2.75) is 0 Å². The van der Waals surface area contributed by atoms with E-state index in [1.807, 2.05) is 0 Å². The van der Waals surface area contributed by atoms with Gasteiger partial charge in [0.1, 0.15) is 18.1 Å². The van der Waals surface area contributed by atoms with Gasteiger partial charge >= 0.3 is 0 Å². The van der Waals surface area contributed by atoms with Crippen LogP contribution in [0, 0.1) is 11.2 Å². The molecule has 0 atom stereocenters. The number of methoxy groups -OCH3 is 1. The molecule has 1 aromatic carbocycles. The van der Waals surface area contributed by atoms with Crippen molar-refractivity contribution in [3.05, 3.63) is 56.9 Å². The molecular formula is C15H12BrClFN3O3. The highest BCUT2D eigenvalue weighted by Crippen LogP contribution is 2.21. The Balaban J connectivity index is 1.93. The number of halogens is 3. The molecule has 6 nitrogen and oxygen atoms in total. The number of hydrogen-bond donors (Lipinski definition) is 2. The van der Waals surface area contributed by atoms with E-state index in [0.717, 1.165) is 12.1 Å². The van der Waals surface area contributed by atoms with E-state index in [9.17, 15) is 9.18 Å². The molecule has 0 aliphatic rings. The maximum atomic E-state index is 13.2. The molecule has 0 radical (unpaired) electrons. The van der Waals surface area contributed by atoms with Crippen molar-refractivity contribution in [3.8, 4) is 5.88 Å². The number of nitrogens with zero attached hydrogens (tertiary/aromatic N) is 1. The van der Waals surface area contributed by atoms with Crippen LogP contribution in [-0.4, -0.2) is 30.3 Å². The summed E-state index contributed by atoms with van der Waals surface area (Å²) >= 11 is 8.95. The number of pyridine rings is 1. The summed E-state index contributed by atoms with van der Waals surface area (Å²) in [7, 11) is 1.45. The molecule has 0 bridgehead atoms. The number of rotatable bonds is 6. The molecule has 0 aliphatic heterocycles. The molecular weight excluding hydrogens is 405 g/mol. The van der Waals surface area contributed by atoms with Crippen molar-refractivity contribution in [3.63, 3.8) is 0 Å². The number of hydroxylamine groups is 1. The minimum absolute atomic E-state index is 0.0803. The van der Waals surface area contributed by atoms with E-state index >= 15 is 0 Å². The van der Waals surface area contributed by atoms with Crippen LogP contribution in [0.5, 0.6) is 5.88 Å². The number of benzene rings is 1. The molecule has 1 heterocycles. The van der Waals surface area contributed by atoms with Gasteiger partial charge < -0.3 is 4.74 Å². The molecule has 126 valence electrons. The maximum Gasteiger partial charge on any atom is 0.228 e. The van der Waals surface area contributed by atoms with E-state index in [2.05, 4.69) is 26.4 Å². The van der Waals surface area contributed by atoms with Gasteiger partial charge in [0.2, 0.25) is 5.88 Å². The minimum atomic E-state index is -0.613. The number of ether oxygens (including phenoxy) is 1. The van der Waals surface area contributed by atoms with E-state index < -0.39 is 18.2 Å². The molecule has 1 aromatic heterocycles. The Morgan fingerprint density at radius 3 is 2.83 bits per heavy atom. The summed E-state index contributed by atoms with van der Waals surface area (Å²) in [5.74, 6) is -0.953. The van der Waals surface area contributed by atoms with Crippen LogP contribution in [0.3, 0.4) is 0 Å². The summed E-state index contributed by atoms with van der Waals surface area (Å²) in [6.45, 7) is -0.407.